The number of imide groups is 1. The molecule has 6 nitrogen and oxygen atoms in total. The van der Waals surface area contributed by atoms with Gasteiger partial charge in [-0.25, -0.2) is 0 Å². The predicted octanol–water partition coefficient (Wildman–Crippen LogP) is 3.51. The minimum Gasteiger partial charge on any atom is -0.276 e. The standard InChI is InChI=1S/C19H32N4O2S/c1-18(2,3)15-11-16(24)23(17(15)25)13-14-12-22(21-20-14)9-7-8-10-26-19(4,5)6/h12,15H,7-11,13H2,1-6H3. The van der Waals surface area contributed by atoms with Crippen LogP contribution in [-0.4, -0.2) is 42.2 Å². The highest BCUT2D eigenvalue weighted by Crippen LogP contribution is 2.35. The minimum absolute atomic E-state index is 0.0868. The van der Waals surface area contributed by atoms with Gasteiger partial charge in [-0.1, -0.05) is 46.8 Å². The fourth-order valence-electron chi connectivity index (χ4n) is 2.96. The summed E-state index contributed by atoms with van der Waals surface area (Å²) in [5.41, 5.74) is 0.467. The normalized spacial score (nSPS) is 18.8. The van der Waals surface area contributed by atoms with E-state index >= 15 is 0 Å². The van der Waals surface area contributed by atoms with Crippen molar-refractivity contribution in [1.29, 1.82) is 0 Å². The maximum Gasteiger partial charge on any atom is 0.233 e. The molecule has 1 aliphatic heterocycles. The number of nitrogens with zero attached hydrogens (tertiary/aromatic N) is 4. The Bertz CT molecular complexity index is 643. The molecule has 7 heteroatoms. The molecule has 2 amide bonds. The molecule has 0 bridgehead atoms. The number of thioether (sulfide) groups is 1. The molecular formula is C19H32N4O2S. The fourth-order valence-corrected chi connectivity index (χ4v) is 3.92. The lowest BCUT2D eigenvalue weighted by Gasteiger charge is -2.24. The molecule has 0 aromatic carbocycles. The molecule has 1 aliphatic rings. The van der Waals surface area contributed by atoms with Gasteiger partial charge in [-0.3, -0.25) is 19.2 Å². The van der Waals surface area contributed by atoms with Gasteiger partial charge >= 0.3 is 0 Å². The van der Waals surface area contributed by atoms with E-state index in [-0.39, 0.29) is 29.7 Å². The molecule has 1 fully saturated rings. The molecule has 1 aromatic rings. The molecule has 1 aromatic heterocycles. The van der Waals surface area contributed by atoms with Crippen LogP contribution in [0.25, 0.3) is 0 Å². The lowest BCUT2D eigenvalue weighted by Crippen LogP contribution is -2.33. The van der Waals surface area contributed by atoms with Crippen LogP contribution in [-0.2, 0) is 22.7 Å². The van der Waals surface area contributed by atoms with Gasteiger partial charge in [0.05, 0.1) is 18.7 Å². The molecular weight excluding hydrogens is 348 g/mol. The van der Waals surface area contributed by atoms with Crippen molar-refractivity contribution in [3.63, 3.8) is 0 Å². The number of aryl methyl sites for hydroxylation is 1. The summed E-state index contributed by atoms with van der Waals surface area (Å²) in [7, 11) is 0. The number of carbonyl (C=O) groups is 2. The van der Waals surface area contributed by atoms with Crippen LogP contribution in [0.15, 0.2) is 6.20 Å². The molecule has 1 atom stereocenters. The molecule has 0 aliphatic carbocycles. The Morgan fingerprint density at radius 2 is 1.85 bits per heavy atom. The molecule has 0 N–H and O–H groups in total. The van der Waals surface area contributed by atoms with E-state index < -0.39 is 0 Å². The Labute approximate surface area is 161 Å². The zero-order valence-electron chi connectivity index (χ0n) is 16.9. The predicted molar refractivity (Wildman–Crippen MR) is 105 cm³/mol. The Kier molecular flexibility index (Phi) is 6.53. The number of hydrogen-bond donors (Lipinski definition) is 0. The molecule has 2 heterocycles. The Balaban J connectivity index is 1.83. The first kappa shape index (κ1) is 20.9. The van der Waals surface area contributed by atoms with Gasteiger partial charge in [0, 0.05) is 17.7 Å². The van der Waals surface area contributed by atoms with Crippen LogP contribution >= 0.6 is 11.8 Å². The second-order valence-corrected chi connectivity index (χ2v) is 11.0. The lowest BCUT2D eigenvalue weighted by molar-refractivity contribution is -0.141. The molecule has 0 radical (unpaired) electrons. The third kappa shape index (κ3) is 5.83. The summed E-state index contributed by atoms with van der Waals surface area (Å²) >= 11 is 1.97. The highest BCUT2D eigenvalue weighted by molar-refractivity contribution is 8.00. The SMILES string of the molecule is CC(C)(C)SCCCCn1cc(CN2C(=O)CC(C(C)(C)C)C2=O)nn1. The molecule has 0 spiro atoms. The first-order chi connectivity index (χ1) is 12.0. The molecule has 1 unspecified atom stereocenters. The first-order valence-electron chi connectivity index (χ1n) is 9.34. The number of carbonyl (C=O) groups excluding carboxylic acids is 2. The maximum absolute atomic E-state index is 12.5. The Morgan fingerprint density at radius 3 is 2.42 bits per heavy atom. The lowest BCUT2D eigenvalue weighted by atomic mass is 9.80. The van der Waals surface area contributed by atoms with Crippen molar-refractivity contribution >= 4 is 23.6 Å². The molecule has 0 saturated carbocycles. The van der Waals surface area contributed by atoms with Gasteiger partial charge in [0.15, 0.2) is 0 Å². The quantitative estimate of drug-likeness (QED) is 0.535. The molecule has 146 valence electrons. The topological polar surface area (TPSA) is 68.1 Å². The number of hydrogen-bond acceptors (Lipinski definition) is 5. The van der Waals surface area contributed by atoms with Crippen LogP contribution in [0.1, 0.15) is 66.5 Å². The van der Waals surface area contributed by atoms with Crippen LogP contribution in [0.5, 0.6) is 0 Å². The van der Waals surface area contributed by atoms with Gasteiger partial charge in [0.1, 0.15) is 5.69 Å². The summed E-state index contributed by atoms with van der Waals surface area (Å²) in [6, 6.07) is 0. The number of amides is 2. The maximum atomic E-state index is 12.5. The number of likely N-dealkylation sites (tertiary alicyclic amines) is 1. The van der Waals surface area contributed by atoms with Crippen molar-refractivity contribution in [3.05, 3.63) is 11.9 Å². The summed E-state index contributed by atoms with van der Waals surface area (Å²) in [6.07, 6.45) is 4.32. The van der Waals surface area contributed by atoms with Crippen LogP contribution < -0.4 is 0 Å². The van der Waals surface area contributed by atoms with Crippen LogP contribution in [0, 0.1) is 11.3 Å². The van der Waals surface area contributed by atoms with E-state index in [4.69, 9.17) is 0 Å². The zero-order valence-corrected chi connectivity index (χ0v) is 17.7. The minimum atomic E-state index is -0.245. The summed E-state index contributed by atoms with van der Waals surface area (Å²) in [6.45, 7) is 13.7. The third-order valence-corrected chi connectivity index (χ3v) is 5.87. The highest BCUT2D eigenvalue weighted by atomic mass is 32.2. The van der Waals surface area contributed by atoms with Gasteiger partial charge in [-0.15, -0.1) is 5.10 Å². The average molecular weight is 381 g/mol. The van der Waals surface area contributed by atoms with E-state index in [1.807, 2.05) is 43.4 Å². The Hall–Kier alpha value is -1.37. The van der Waals surface area contributed by atoms with Crippen LogP contribution in [0.4, 0.5) is 0 Å². The average Bonchev–Trinajstić information content (AvgIpc) is 3.05. The van der Waals surface area contributed by atoms with Gasteiger partial charge in [0.2, 0.25) is 11.8 Å². The van der Waals surface area contributed by atoms with Gasteiger partial charge in [-0.05, 0) is 24.0 Å². The summed E-state index contributed by atoms with van der Waals surface area (Å²) in [5, 5.41) is 8.27. The van der Waals surface area contributed by atoms with E-state index in [1.54, 1.807) is 0 Å². The largest absolute Gasteiger partial charge is 0.276 e. The fraction of sp³-hybridized carbons (Fsp3) is 0.789. The van der Waals surface area contributed by atoms with Crippen molar-refractivity contribution in [2.24, 2.45) is 11.3 Å². The summed E-state index contributed by atoms with van der Waals surface area (Å²) in [4.78, 5) is 26.1. The Morgan fingerprint density at radius 1 is 1.15 bits per heavy atom. The van der Waals surface area contributed by atoms with Crippen molar-refractivity contribution in [2.75, 3.05) is 5.75 Å². The van der Waals surface area contributed by atoms with Gasteiger partial charge < -0.3 is 0 Å². The molecule has 26 heavy (non-hydrogen) atoms. The van der Waals surface area contributed by atoms with Crippen LogP contribution in [0.2, 0.25) is 0 Å². The first-order valence-corrected chi connectivity index (χ1v) is 10.3. The second-order valence-electron chi connectivity index (χ2n) is 9.08. The van der Waals surface area contributed by atoms with E-state index in [9.17, 15) is 9.59 Å². The number of aromatic nitrogens is 3. The summed E-state index contributed by atoms with van der Waals surface area (Å²) in [5.74, 6) is 0.695. The molecule has 1 saturated heterocycles. The van der Waals surface area contributed by atoms with Crippen molar-refractivity contribution in [1.82, 2.24) is 19.9 Å². The van der Waals surface area contributed by atoms with Crippen molar-refractivity contribution in [2.45, 2.75) is 78.6 Å². The van der Waals surface area contributed by atoms with Crippen LogP contribution in [0.3, 0.4) is 0 Å². The van der Waals surface area contributed by atoms with E-state index in [2.05, 4.69) is 31.1 Å². The third-order valence-electron chi connectivity index (χ3n) is 4.51. The zero-order chi connectivity index (χ0) is 19.5. The smallest absolute Gasteiger partial charge is 0.233 e. The van der Waals surface area contributed by atoms with Crippen molar-refractivity contribution < 1.29 is 9.59 Å². The van der Waals surface area contributed by atoms with Gasteiger partial charge in [0.25, 0.3) is 0 Å². The highest BCUT2D eigenvalue weighted by Gasteiger charge is 2.44. The van der Waals surface area contributed by atoms with Crippen molar-refractivity contribution in [3.8, 4) is 0 Å². The number of rotatable bonds is 7. The monoisotopic (exact) mass is 380 g/mol. The second kappa shape index (κ2) is 8.11. The molecule has 2 rings (SSSR count). The number of unbranched alkanes of at least 4 members (excludes halogenated alkanes) is 1. The van der Waals surface area contributed by atoms with E-state index in [0.717, 1.165) is 25.1 Å². The van der Waals surface area contributed by atoms with Gasteiger partial charge in [-0.2, -0.15) is 11.8 Å². The van der Waals surface area contributed by atoms with E-state index in [1.165, 1.54) is 4.90 Å². The van der Waals surface area contributed by atoms with E-state index in [0.29, 0.717) is 16.9 Å². The summed E-state index contributed by atoms with van der Waals surface area (Å²) < 4.78 is 2.11.